The highest BCUT2D eigenvalue weighted by Gasteiger charge is 2.23. The minimum absolute atomic E-state index is 0.0500. The molecule has 1 aliphatic heterocycles. The number of aromatic nitrogens is 1. The number of hydrogen-bond donors (Lipinski definition) is 0. The molecule has 0 spiro atoms. The molecule has 6 nitrogen and oxygen atoms in total. The Hall–Kier alpha value is -3.35. The van der Waals surface area contributed by atoms with Crippen molar-refractivity contribution in [2.45, 2.75) is 20.5 Å². The first-order valence-electron chi connectivity index (χ1n) is 9.96. The molecule has 1 amide bonds. The summed E-state index contributed by atoms with van der Waals surface area (Å²) in [4.78, 5) is 16.7. The van der Waals surface area contributed by atoms with E-state index in [0.29, 0.717) is 49.8 Å². The van der Waals surface area contributed by atoms with Gasteiger partial charge in [-0.25, -0.2) is 4.39 Å². The predicted octanol–water partition coefficient (Wildman–Crippen LogP) is 3.97. The number of rotatable bonds is 5. The van der Waals surface area contributed by atoms with Crippen LogP contribution >= 0.6 is 0 Å². The van der Waals surface area contributed by atoms with E-state index < -0.39 is 0 Å². The Bertz CT molecular complexity index is 1020. The lowest BCUT2D eigenvalue weighted by molar-refractivity contribution is 0.0746. The van der Waals surface area contributed by atoms with Gasteiger partial charge in [-0.3, -0.25) is 4.79 Å². The molecule has 0 radical (unpaired) electrons. The number of carbonyl (C=O) groups is 1. The van der Waals surface area contributed by atoms with Crippen LogP contribution in [0.3, 0.4) is 0 Å². The minimum Gasteiger partial charge on any atom is -0.489 e. The summed E-state index contributed by atoms with van der Waals surface area (Å²) >= 11 is 0. The second-order valence-electron chi connectivity index (χ2n) is 7.35. The molecule has 4 rings (SSSR count). The molecule has 3 aromatic rings. The van der Waals surface area contributed by atoms with Crippen LogP contribution in [0.5, 0.6) is 5.75 Å². The van der Waals surface area contributed by atoms with Crippen molar-refractivity contribution >= 4 is 11.6 Å². The first-order chi connectivity index (χ1) is 14.5. The van der Waals surface area contributed by atoms with E-state index in [9.17, 15) is 9.18 Å². The lowest BCUT2D eigenvalue weighted by atomic mass is 10.1. The van der Waals surface area contributed by atoms with Crippen molar-refractivity contribution in [2.75, 3.05) is 31.1 Å². The maximum absolute atomic E-state index is 14.0. The number of anilines is 1. The molecule has 0 N–H and O–H groups in total. The molecule has 0 atom stereocenters. The number of piperazine rings is 1. The highest BCUT2D eigenvalue weighted by atomic mass is 19.1. The van der Waals surface area contributed by atoms with Crippen molar-refractivity contribution in [1.82, 2.24) is 10.1 Å². The zero-order valence-electron chi connectivity index (χ0n) is 17.1. The Labute approximate surface area is 174 Å². The van der Waals surface area contributed by atoms with Gasteiger partial charge in [0.1, 0.15) is 23.9 Å². The zero-order valence-corrected chi connectivity index (χ0v) is 17.1. The molecule has 30 heavy (non-hydrogen) atoms. The van der Waals surface area contributed by atoms with Gasteiger partial charge in [-0.05, 0) is 44.2 Å². The third-order valence-electron chi connectivity index (χ3n) is 5.41. The average molecular weight is 409 g/mol. The summed E-state index contributed by atoms with van der Waals surface area (Å²) in [7, 11) is 0. The second-order valence-corrected chi connectivity index (χ2v) is 7.35. The summed E-state index contributed by atoms with van der Waals surface area (Å²) in [5, 5.41) is 3.93. The fraction of sp³-hybridized carbons (Fsp3) is 0.304. The van der Waals surface area contributed by atoms with Crippen LogP contribution < -0.4 is 9.64 Å². The molecular formula is C23H24FN3O3. The Balaban J connectivity index is 1.38. The lowest BCUT2D eigenvalue weighted by Crippen LogP contribution is -2.49. The van der Waals surface area contributed by atoms with Crippen LogP contribution in [0.15, 0.2) is 53.1 Å². The highest BCUT2D eigenvalue weighted by molar-refractivity contribution is 5.94. The maximum atomic E-state index is 14.0. The Morgan fingerprint density at radius 1 is 1.10 bits per heavy atom. The minimum atomic E-state index is -0.236. The Morgan fingerprint density at radius 3 is 2.57 bits per heavy atom. The number of aryl methyl sites for hydroxylation is 2. The van der Waals surface area contributed by atoms with Gasteiger partial charge < -0.3 is 19.1 Å². The van der Waals surface area contributed by atoms with Crippen LogP contribution in [0.25, 0.3) is 0 Å². The van der Waals surface area contributed by atoms with Crippen molar-refractivity contribution < 1.29 is 18.4 Å². The molecular weight excluding hydrogens is 385 g/mol. The standard InChI is InChI=1S/C23H24FN3O3/c1-16-20(17(2)30-25-16)15-29-19-7-5-6-18(14-19)23(28)27-12-10-26(11-13-27)22-9-4-3-8-21(22)24/h3-9,14H,10-13,15H2,1-2H3. The number of hydrogen-bond acceptors (Lipinski definition) is 5. The lowest BCUT2D eigenvalue weighted by Gasteiger charge is -2.36. The second kappa shape index (κ2) is 8.57. The molecule has 2 aromatic carbocycles. The third kappa shape index (κ3) is 4.15. The summed E-state index contributed by atoms with van der Waals surface area (Å²) in [6, 6.07) is 13.9. The van der Waals surface area contributed by atoms with Crippen molar-refractivity contribution in [3.8, 4) is 5.75 Å². The molecule has 2 heterocycles. The highest BCUT2D eigenvalue weighted by Crippen LogP contribution is 2.22. The Kier molecular flexibility index (Phi) is 5.70. The number of para-hydroxylation sites is 1. The number of ether oxygens (including phenoxy) is 1. The van der Waals surface area contributed by atoms with Crippen molar-refractivity contribution in [3.05, 3.63) is 76.9 Å². The van der Waals surface area contributed by atoms with Gasteiger partial charge >= 0.3 is 0 Å². The van der Waals surface area contributed by atoms with Crippen molar-refractivity contribution in [3.63, 3.8) is 0 Å². The van der Waals surface area contributed by atoms with E-state index in [1.807, 2.05) is 36.9 Å². The van der Waals surface area contributed by atoms with Gasteiger partial charge in [0, 0.05) is 31.7 Å². The van der Waals surface area contributed by atoms with E-state index >= 15 is 0 Å². The number of carbonyl (C=O) groups excluding carboxylic acids is 1. The molecule has 0 bridgehead atoms. The topological polar surface area (TPSA) is 58.8 Å². The van der Waals surface area contributed by atoms with Crippen LogP contribution in [0.2, 0.25) is 0 Å². The molecule has 1 aromatic heterocycles. The van der Waals surface area contributed by atoms with Gasteiger partial charge in [0.2, 0.25) is 0 Å². The van der Waals surface area contributed by atoms with Gasteiger partial charge in [-0.15, -0.1) is 0 Å². The zero-order chi connectivity index (χ0) is 21.1. The maximum Gasteiger partial charge on any atom is 0.254 e. The smallest absolute Gasteiger partial charge is 0.254 e. The van der Waals surface area contributed by atoms with E-state index in [-0.39, 0.29) is 11.7 Å². The molecule has 0 saturated carbocycles. The molecule has 1 saturated heterocycles. The van der Waals surface area contributed by atoms with Crippen LogP contribution in [0.4, 0.5) is 10.1 Å². The van der Waals surface area contributed by atoms with E-state index in [0.717, 1.165) is 17.0 Å². The monoisotopic (exact) mass is 409 g/mol. The van der Waals surface area contributed by atoms with Gasteiger partial charge in [0.05, 0.1) is 16.9 Å². The molecule has 0 unspecified atom stereocenters. The fourth-order valence-electron chi connectivity index (χ4n) is 3.62. The van der Waals surface area contributed by atoms with Crippen LogP contribution in [-0.2, 0) is 6.61 Å². The number of amides is 1. The molecule has 156 valence electrons. The average Bonchev–Trinajstić information content (AvgIpc) is 3.10. The van der Waals surface area contributed by atoms with Gasteiger partial charge in [-0.2, -0.15) is 0 Å². The van der Waals surface area contributed by atoms with E-state index in [4.69, 9.17) is 9.26 Å². The fourth-order valence-corrected chi connectivity index (χ4v) is 3.62. The van der Waals surface area contributed by atoms with Crippen molar-refractivity contribution in [1.29, 1.82) is 0 Å². The summed E-state index contributed by atoms with van der Waals surface area (Å²) in [5.41, 5.74) is 2.87. The normalized spacial score (nSPS) is 14.1. The first-order valence-corrected chi connectivity index (χ1v) is 9.96. The van der Waals surface area contributed by atoms with E-state index in [1.54, 1.807) is 29.2 Å². The summed E-state index contributed by atoms with van der Waals surface area (Å²) in [6.45, 7) is 6.31. The van der Waals surface area contributed by atoms with E-state index in [1.165, 1.54) is 6.07 Å². The van der Waals surface area contributed by atoms with Gasteiger partial charge in [0.25, 0.3) is 5.91 Å². The SMILES string of the molecule is Cc1noc(C)c1COc1cccc(C(=O)N2CCN(c3ccccc3F)CC2)c1. The number of benzene rings is 2. The van der Waals surface area contributed by atoms with Crippen molar-refractivity contribution in [2.24, 2.45) is 0 Å². The largest absolute Gasteiger partial charge is 0.489 e. The first kappa shape index (κ1) is 19.9. The quantitative estimate of drug-likeness (QED) is 0.638. The van der Waals surface area contributed by atoms with Crippen LogP contribution in [0.1, 0.15) is 27.4 Å². The third-order valence-corrected chi connectivity index (χ3v) is 5.41. The molecule has 7 heteroatoms. The molecule has 1 fully saturated rings. The van der Waals surface area contributed by atoms with Crippen LogP contribution in [0, 0.1) is 19.7 Å². The van der Waals surface area contributed by atoms with Crippen LogP contribution in [-0.4, -0.2) is 42.1 Å². The predicted molar refractivity (Wildman–Crippen MR) is 111 cm³/mol. The number of halogens is 1. The van der Waals surface area contributed by atoms with Gasteiger partial charge in [-0.1, -0.05) is 23.4 Å². The summed E-state index contributed by atoms with van der Waals surface area (Å²) < 4.78 is 25.0. The Morgan fingerprint density at radius 2 is 1.87 bits per heavy atom. The summed E-state index contributed by atoms with van der Waals surface area (Å²) in [5.74, 6) is 1.06. The van der Waals surface area contributed by atoms with E-state index in [2.05, 4.69) is 5.16 Å². The number of nitrogens with zero attached hydrogens (tertiary/aromatic N) is 3. The molecule has 1 aliphatic rings. The summed E-state index contributed by atoms with van der Waals surface area (Å²) in [6.07, 6.45) is 0. The van der Waals surface area contributed by atoms with Gasteiger partial charge in [0.15, 0.2) is 0 Å². The molecule has 0 aliphatic carbocycles.